The number of carboxylic acid groups (broad SMARTS) is 1. The zero-order chi connectivity index (χ0) is 15.6. The topological polar surface area (TPSA) is 49.3 Å². The van der Waals surface area contributed by atoms with Gasteiger partial charge in [-0.1, -0.05) is 27.2 Å². The molecule has 1 aliphatic carbocycles. The van der Waals surface area contributed by atoms with Gasteiger partial charge in [0.25, 0.3) is 0 Å². The minimum atomic E-state index is -1.23. The predicted octanol–water partition coefficient (Wildman–Crippen LogP) is 4.40. The van der Waals surface area contributed by atoms with Crippen molar-refractivity contribution in [1.82, 2.24) is 0 Å². The van der Waals surface area contributed by atoms with Crippen molar-refractivity contribution in [3.63, 3.8) is 0 Å². The molecule has 1 fully saturated rings. The van der Waals surface area contributed by atoms with E-state index in [9.17, 15) is 9.18 Å². The van der Waals surface area contributed by atoms with E-state index in [1.807, 2.05) is 0 Å². The molecule has 0 aliphatic heterocycles. The number of carbonyl (C=O) groups is 1. The Kier molecular flexibility index (Phi) is 4.86. The van der Waals surface area contributed by atoms with Crippen LogP contribution >= 0.6 is 0 Å². The van der Waals surface area contributed by atoms with E-state index in [0.29, 0.717) is 29.5 Å². The SMILES string of the molecule is CC1CCC(C(C)C)C(Nc2ccc(F)c(C(=O)O)c2)C1. The molecule has 3 nitrogen and oxygen atoms in total. The molecule has 0 spiro atoms. The van der Waals surface area contributed by atoms with Crippen LogP contribution in [-0.2, 0) is 0 Å². The zero-order valence-corrected chi connectivity index (χ0v) is 12.9. The lowest BCUT2D eigenvalue weighted by Crippen LogP contribution is -2.37. The molecule has 4 heteroatoms. The van der Waals surface area contributed by atoms with E-state index in [1.165, 1.54) is 25.0 Å². The first kappa shape index (κ1) is 15.8. The van der Waals surface area contributed by atoms with Gasteiger partial charge in [-0.2, -0.15) is 0 Å². The van der Waals surface area contributed by atoms with Crippen LogP contribution in [0.25, 0.3) is 0 Å². The minimum Gasteiger partial charge on any atom is -0.478 e. The molecule has 0 saturated heterocycles. The number of hydrogen-bond donors (Lipinski definition) is 2. The van der Waals surface area contributed by atoms with Crippen molar-refractivity contribution >= 4 is 11.7 Å². The van der Waals surface area contributed by atoms with Gasteiger partial charge < -0.3 is 10.4 Å². The molecule has 3 unspecified atom stereocenters. The number of aromatic carboxylic acids is 1. The predicted molar refractivity (Wildman–Crippen MR) is 82.1 cm³/mol. The standard InChI is InChI=1S/C17H24FNO2/c1-10(2)13-6-4-11(3)8-16(13)19-12-5-7-15(18)14(9-12)17(20)21/h5,7,9-11,13,16,19H,4,6,8H2,1-3H3,(H,20,21). The van der Waals surface area contributed by atoms with E-state index in [2.05, 4.69) is 26.1 Å². The Morgan fingerprint density at radius 3 is 2.71 bits per heavy atom. The molecule has 2 rings (SSSR count). The van der Waals surface area contributed by atoms with Gasteiger partial charge in [0, 0.05) is 11.7 Å². The van der Waals surface area contributed by atoms with Gasteiger partial charge in [0.15, 0.2) is 0 Å². The fourth-order valence-electron chi connectivity index (χ4n) is 3.36. The highest BCUT2D eigenvalue weighted by atomic mass is 19.1. The normalized spacial score (nSPS) is 25.9. The van der Waals surface area contributed by atoms with Crippen molar-refractivity contribution < 1.29 is 14.3 Å². The van der Waals surface area contributed by atoms with Gasteiger partial charge in [0.05, 0.1) is 5.56 Å². The molecule has 116 valence electrons. The van der Waals surface area contributed by atoms with Gasteiger partial charge in [-0.05, 0) is 48.8 Å². The van der Waals surface area contributed by atoms with Gasteiger partial charge in [-0.15, -0.1) is 0 Å². The van der Waals surface area contributed by atoms with Gasteiger partial charge in [0.2, 0.25) is 0 Å². The number of hydrogen-bond acceptors (Lipinski definition) is 2. The molecule has 21 heavy (non-hydrogen) atoms. The van der Waals surface area contributed by atoms with E-state index >= 15 is 0 Å². The van der Waals surface area contributed by atoms with Crippen LogP contribution in [0.4, 0.5) is 10.1 Å². The Balaban J connectivity index is 2.18. The fraction of sp³-hybridized carbons (Fsp3) is 0.588. The monoisotopic (exact) mass is 293 g/mol. The molecule has 1 aliphatic rings. The Morgan fingerprint density at radius 2 is 2.10 bits per heavy atom. The van der Waals surface area contributed by atoms with Gasteiger partial charge >= 0.3 is 5.97 Å². The van der Waals surface area contributed by atoms with Crippen LogP contribution < -0.4 is 5.32 Å². The van der Waals surface area contributed by atoms with Crippen molar-refractivity contribution in [3.8, 4) is 0 Å². The maximum Gasteiger partial charge on any atom is 0.338 e. The highest BCUT2D eigenvalue weighted by Crippen LogP contribution is 2.35. The van der Waals surface area contributed by atoms with Crippen molar-refractivity contribution in [2.24, 2.45) is 17.8 Å². The molecule has 0 bridgehead atoms. The van der Waals surface area contributed by atoms with Crippen molar-refractivity contribution in [1.29, 1.82) is 0 Å². The van der Waals surface area contributed by atoms with Crippen LogP contribution in [0.1, 0.15) is 50.4 Å². The van der Waals surface area contributed by atoms with E-state index in [4.69, 9.17) is 5.11 Å². The Morgan fingerprint density at radius 1 is 1.38 bits per heavy atom. The molecule has 0 aromatic heterocycles. The van der Waals surface area contributed by atoms with Gasteiger partial charge in [-0.3, -0.25) is 0 Å². The van der Waals surface area contributed by atoms with E-state index in [-0.39, 0.29) is 5.56 Å². The summed E-state index contributed by atoms with van der Waals surface area (Å²) in [5.74, 6) is -0.107. The van der Waals surface area contributed by atoms with Crippen LogP contribution in [0.5, 0.6) is 0 Å². The molecule has 0 radical (unpaired) electrons. The summed E-state index contributed by atoms with van der Waals surface area (Å²) in [6.07, 6.45) is 3.50. The average molecular weight is 293 g/mol. The summed E-state index contributed by atoms with van der Waals surface area (Å²) >= 11 is 0. The molecule has 3 atom stereocenters. The van der Waals surface area contributed by atoms with Gasteiger partial charge in [-0.25, -0.2) is 9.18 Å². The molecule has 1 aromatic carbocycles. The first-order valence-corrected chi connectivity index (χ1v) is 7.68. The van der Waals surface area contributed by atoms with Crippen LogP contribution in [0.2, 0.25) is 0 Å². The third kappa shape index (κ3) is 3.74. The number of nitrogens with one attached hydrogen (secondary N) is 1. The molecule has 0 amide bonds. The molecule has 2 N–H and O–H groups in total. The molecular weight excluding hydrogens is 269 g/mol. The average Bonchev–Trinajstić information content (AvgIpc) is 2.40. The second-order valence-electron chi connectivity index (χ2n) is 6.58. The summed E-state index contributed by atoms with van der Waals surface area (Å²) in [7, 11) is 0. The Labute approximate surface area is 125 Å². The number of carboxylic acids is 1. The molecule has 1 saturated carbocycles. The van der Waals surface area contributed by atoms with Crippen LogP contribution in [0.3, 0.4) is 0 Å². The second-order valence-corrected chi connectivity index (χ2v) is 6.58. The van der Waals surface area contributed by atoms with Crippen LogP contribution in [0.15, 0.2) is 18.2 Å². The van der Waals surface area contributed by atoms with E-state index < -0.39 is 11.8 Å². The summed E-state index contributed by atoms with van der Waals surface area (Å²) in [6, 6.07) is 4.57. The maximum atomic E-state index is 13.5. The summed E-state index contributed by atoms with van der Waals surface area (Å²) in [5, 5.41) is 12.4. The summed E-state index contributed by atoms with van der Waals surface area (Å²) in [6.45, 7) is 6.70. The van der Waals surface area contributed by atoms with Gasteiger partial charge in [0.1, 0.15) is 5.82 Å². The quantitative estimate of drug-likeness (QED) is 0.865. The van der Waals surface area contributed by atoms with Crippen molar-refractivity contribution in [2.75, 3.05) is 5.32 Å². The maximum absolute atomic E-state index is 13.5. The fourth-order valence-corrected chi connectivity index (χ4v) is 3.36. The molecule has 1 aromatic rings. The smallest absolute Gasteiger partial charge is 0.338 e. The Bertz CT molecular complexity index is 516. The Hall–Kier alpha value is -1.58. The molecule has 0 heterocycles. The second kappa shape index (κ2) is 6.46. The third-order valence-corrected chi connectivity index (χ3v) is 4.57. The summed E-state index contributed by atoms with van der Waals surface area (Å²) in [5.41, 5.74) is 0.420. The van der Waals surface area contributed by atoms with E-state index in [1.54, 1.807) is 6.07 Å². The lowest BCUT2D eigenvalue weighted by molar-refractivity contribution is 0.0692. The third-order valence-electron chi connectivity index (χ3n) is 4.57. The number of anilines is 1. The van der Waals surface area contributed by atoms with E-state index in [0.717, 1.165) is 6.42 Å². The number of halogens is 1. The first-order chi connectivity index (χ1) is 9.88. The highest BCUT2D eigenvalue weighted by molar-refractivity contribution is 5.89. The lowest BCUT2D eigenvalue weighted by atomic mass is 9.74. The largest absolute Gasteiger partial charge is 0.478 e. The zero-order valence-electron chi connectivity index (χ0n) is 12.9. The molecular formula is C17H24FNO2. The van der Waals surface area contributed by atoms with Crippen molar-refractivity contribution in [2.45, 2.75) is 46.1 Å². The number of rotatable bonds is 4. The van der Waals surface area contributed by atoms with Crippen molar-refractivity contribution in [3.05, 3.63) is 29.6 Å². The highest BCUT2D eigenvalue weighted by Gasteiger charge is 2.30. The minimum absolute atomic E-state index is 0.273. The van der Waals surface area contributed by atoms with Crippen LogP contribution in [0, 0.1) is 23.6 Å². The first-order valence-electron chi connectivity index (χ1n) is 7.68. The lowest BCUT2D eigenvalue weighted by Gasteiger charge is -2.38. The number of benzene rings is 1. The van der Waals surface area contributed by atoms with Crippen LogP contribution in [-0.4, -0.2) is 17.1 Å². The summed E-state index contributed by atoms with van der Waals surface area (Å²) in [4.78, 5) is 11.0. The summed E-state index contributed by atoms with van der Waals surface area (Å²) < 4.78 is 13.5.